The van der Waals surface area contributed by atoms with Gasteiger partial charge in [-0.25, -0.2) is 0 Å². The van der Waals surface area contributed by atoms with Crippen molar-refractivity contribution >= 4 is 5.91 Å². The number of carbonyl (C=O) groups excluding carboxylic acids is 1. The first-order valence-corrected chi connectivity index (χ1v) is 5.03. The van der Waals surface area contributed by atoms with Crippen LogP contribution >= 0.6 is 0 Å². The lowest BCUT2D eigenvalue weighted by Gasteiger charge is -2.38. The number of amides is 1. The number of nitrogens with zero attached hydrogens (tertiary/aromatic N) is 1. The number of carbonyl (C=O) groups is 1. The van der Waals surface area contributed by atoms with Crippen LogP contribution in [0.5, 0.6) is 0 Å². The van der Waals surface area contributed by atoms with Crippen LogP contribution in [0.15, 0.2) is 0 Å². The van der Waals surface area contributed by atoms with E-state index in [9.17, 15) is 4.79 Å². The molecule has 1 rings (SSSR count). The van der Waals surface area contributed by atoms with Crippen LogP contribution in [0.4, 0.5) is 0 Å². The standard InChI is InChI=1S/C10H20N2O/c1-10(2)5-3-7-12(8-10)9(13)4-6-11/h3-8,11H2,1-2H3. The number of rotatable bonds is 2. The summed E-state index contributed by atoms with van der Waals surface area (Å²) in [5, 5.41) is 0. The van der Waals surface area contributed by atoms with Gasteiger partial charge < -0.3 is 10.6 Å². The molecule has 0 saturated carbocycles. The van der Waals surface area contributed by atoms with Crippen molar-refractivity contribution in [2.75, 3.05) is 19.6 Å². The maximum absolute atomic E-state index is 11.5. The molecule has 1 aliphatic heterocycles. The zero-order chi connectivity index (χ0) is 9.90. The lowest BCUT2D eigenvalue weighted by atomic mass is 9.84. The van der Waals surface area contributed by atoms with Crippen LogP contribution in [0.2, 0.25) is 0 Å². The van der Waals surface area contributed by atoms with E-state index in [4.69, 9.17) is 5.73 Å². The first kappa shape index (κ1) is 10.5. The third-order valence-corrected chi connectivity index (χ3v) is 2.61. The molecule has 0 unspecified atom stereocenters. The average molecular weight is 184 g/mol. The number of hydrogen-bond acceptors (Lipinski definition) is 2. The Bertz CT molecular complexity index is 189. The Morgan fingerprint density at radius 2 is 2.23 bits per heavy atom. The molecule has 0 aliphatic carbocycles. The van der Waals surface area contributed by atoms with Crippen LogP contribution in [0.3, 0.4) is 0 Å². The predicted octanol–water partition coefficient (Wildman–Crippen LogP) is 0.984. The largest absolute Gasteiger partial charge is 0.342 e. The Kier molecular flexibility index (Phi) is 3.31. The SMILES string of the molecule is CC1(C)CCCN(C(=O)CCN)C1. The molecular weight excluding hydrogens is 164 g/mol. The highest BCUT2D eigenvalue weighted by molar-refractivity contribution is 5.76. The van der Waals surface area contributed by atoms with Gasteiger partial charge in [0.15, 0.2) is 0 Å². The van der Waals surface area contributed by atoms with Crippen molar-refractivity contribution in [3.05, 3.63) is 0 Å². The number of piperidine rings is 1. The smallest absolute Gasteiger partial charge is 0.223 e. The van der Waals surface area contributed by atoms with Crippen LogP contribution < -0.4 is 5.73 Å². The summed E-state index contributed by atoms with van der Waals surface area (Å²) in [5.41, 5.74) is 5.65. The van der Waals surface area contributed by atoms with Gasteiger partial charge in [0.05, 0.1) is 0 Å². The van der Waals surface area contributed by atoms with Crippen molar-refractivity contribution in [3.8, 4) is 0 Å². The summed E-state index contributed by atoms with van der Waals surface area (Å²) in [4.78, 5) is 13.5. The molecule has 0 bridgehead atoms. The molecule has 1 saturated heterocycles. The van der Waals surface area contributed by atoms with Crippen LogP contribution in [-0.4, -0.2) is 30.4 Å². The third kappa shape index (κ3) is 2.99. The molecule has 0 aromatic heterocycles. The van der Waals surface area contributed by atoms with Gasteiger partial charge in [0.1, 0.15) is 0 Å². The molecule has 1 heterocycles. The minimum absolute atomic E-state index is 0.218. The Labute approximate surface area is 80.3 Å². The topological polar surface area (TPSA) is 46.3 Å². The first-order valence-electron chi connectivity index (χ1n) is 5.03. The molecular formula is C10H20N2O. The Morgan fingerprint density at radius 1 is 1.54 bits per heavy atom. The molecule has 0 atom stereocenters. The third-order valence-electron chi connectivity index (χ3n) is 2.61. The number of nitrogens with two attached hydrogens (primary N) is 1. The van der Waals surface area contributed by atoms with Gasteiger partial charge in [-0.2, -0.15) is 0 Å². The second kappa shape index (κ2) is 4.09. The minimum atomic E-state index is 0.218. The lowest BCUT2D eigenvalue weighted by Crippen LogP contribution is -2.44. The molecule has 0 spiro atoms. The van der Waals surface area contributed by atoms with Crippen LogP contribution in [0.25, 0.3) is 0 Å². The highest BCUT2D eigenvalue weighted by Gasteiger charge is 2.28. The summed E-state index contributed by atoms with van der Waals surface area (Å²) >= 11 is 0. The van der Waals surface area contributed by atoms with E-state index in [2.05, 4.69) is 13.8 Å². The van der Waals surface area contributed by atoms with Crippen molar-refractivity contribution in [1.29, 1.82) is 0 Å². The summed E-state index contributed by atoms with van der Waals surface area (Å²) in [5.74, 6) is 0.218. The lowest BCUT2D eigenvalue weighted by molar-refractivity contribution is -0.134. The van der Waals surface area contributed by atoms with Crippen molar-refractivity contribution in [2.24, 2.45) is 11.1 Å². The Balaban J connectivity index is 2.47. The minimum Gasteiger partial charge on any atom is -0.342 e. The van der Waals surface area contributed by atoms with Crippen molar-refractivity contribution in [3.63, 3.8) is 0 Å². The van der Waals surface area contributed by atoms with E-state index >= 15 is 0 Å². The molecule has 0 aromatic carbocycles. The molecule has 2 N–H and O–H groups in total. The average Bonchev–Trinajstić information content (AvgIpc) is 2.03. The van der Waals surface area contributed by atoms with Crippen LogP contribution in [-0.2, 0) is 4.79 Å². The fourth-order valence-electron chi connectivity index (χ4n) is 1.92. The Morgan fingerprint density at radius 3 is 2.77 bits per heavy atom. The summed E-state index contributed by atoms with van der Waals surface area (Å²) in [6, 6.07) is 0. The highest BCUT2D eigenvalue weighted by atomic mass is 16.2. The van der Waals surface area contributed by atoms with E-state index < -0.39 is 0 Å². The van der Waals surface area contributed by atoms with Gasteiger partial charge in [0.25, 0.3) is 0 Å². The van der Waals surface area contributed by atoms with Crippen molar-refractivity contribution < 1.29 is 4.79 Å². The molecule has 1 aliphatic rings. The molecule has 0 radical (unpaired) electrons. The quantitative estimate of drug-likeness (QED) is 0.695. The zero-order valence-electron chi connectivity index (χ0n) is 8.68. The van der Waals surface area contributed by atoms with E-state index in [1.165, 1.54) is 6.42 Å². The molecule has 1 amide bonds. The maximum atomic E-state index is 11.5. The van der Waals surface area contributed by atoms with Crippen LogP contribution in [0.1, 0.15) is 33.1 Å². The highest BCUT2D eigenvalue weighted by Crippen LogP contribution is 2.28. The number of hydrogen-bond donors (Lipinski definition) is 1. The molecule has 3 nitrogen and oxygen atoms in total. The summed E-state index contributed by atoms with van der Waals surface area (Å²) < 4.78 is 0. The van der Waals surface area contributed by atoms with Gasteiger partial charge in [-0.3, -0.25) is 4.79 Å². The monoisotopic (exact) mass is 184 g/mol. The normalized spacial score (nSPS) is 21.6. The van der Waals surface area contributed by atoms with E-state index in [1.54, 1.807) is 0 Å². The fraction of sp³-hybridized carbons (Fsp3) is 0.900. The molecule has 0 aromatic rings. The summed E-state index contributed by atoms with van der Waals surface area (Å²) in [6.45, 7) is 6.72. The van der Waals surface area contributed by atoms with Gasteiger partial charge >= 0.3 is 0 Å². The van der Waals surface area contributed by atoms with Gasteiger partial charge in [0.2, 0.25) is 5.91 Å². The van der Waals surface area contributed by atoms with Gasteiger partial charge in [-0.15, -0.1) is 0 Å². The van der Waals surface area contributed by atoms with Gasteiger partial charge in [0, 0.05) is 26.1 Å². The van der Waals surface area contributed by atoms with Crippen molar-refractivity contribution in [2.45, 2.75) is 33.1 Å². The maximum Gasteiger partial charge on any atom is 0.223 e. The van der Waals surface area contributed by atoms with Gasteiger partial charge in [-0.1, -0.05) is 13.8 Å². The van der Waals surface area contributed by atoms with E-state index in [-0.39, 0.29) is 5.91 Å². The zero-order valence-corrected chi connectivity index (χ0v) is 8.68. The predicted molar refractivity (Wildman–Crippen MR) is 53.3 cm³/mol. The van der Waals surface area contributed by atoms with E-state index in [1.807, 2.05) is 4.90 Å². The molecule has 1 fully saturated rings. The first-order chi connectivity index (χ1) is 6.05. The van der Waals surface area contributed by atoms with Gasteiger partial charge in [-0.05, 0) is 18.3 Å². The van der Waals surface area contributed by atoms with Crippen molar-refractivity contribution in [1.82, 2.24) is 4.90 Å². The summed E-state index contributed by atoms with van der Waals surface area (Å²) in [6.07, 6.45) is 2.85. The van der Waals surface area contributed by atoms with Crippen LogP contribution in [0, 0.1) is 5.41 Å². The molecule has 3 heteroatoms. The number of likely N-dealkylation sites (tertiary alicyclic amines) is 1. The van der Waals surface area contributed by atoms with E-state index in [0.717, 1.165) is 19.5 Å². The Hall–Kier alpha value is -0.570. The second-order valence-corrected chi connectivity index (χ2v) is 4.62. The fourth-order valence-corrected chi connectivity index (χ4v) is 1.92. The summed E-state index contributed by atoms with van der Waals surface area (Å²) in [7, 11) is 0. The molecule has 76 valence electrons. The van der Waals surface area contributed by atoms with E-state index in [0.29, 0.717) is 18.4 Å². The molecule has 13 heavy (non-hydrogen) atoms. The second-order valence-electron chi connectivity index (χ2n) is 4.62.